The average molecular weight is 449 g/mol. The Morgan fingerprint density at radius 1 is 1.10 bits per heavy atom. The molecule has 1 aromatic carbocycles. The number of aliphatic carboxylic acids is 1. The number of anilines is 1. The molecule has 3 rings (SSSR count). The first-order valence-electron chi connectivity index (χ1n) is 10.1. The van der Waals surface area contributed by atoms with Crippen LogP contribution in [-0.4, -0.2) is 61.0 Å². The summed E-state index contributed by atoms with van der Waals surface area (Å²) >= 11 is 0. The summed E-state index contributed by atoms with van der Waals surface area (Å²) in [5.74, 6) is -0.782. The van der Waals surface area contributed by atoms with Gasteiger partial charge in [-0.3, -0.25) is 9.78 Å². The van der Waals surface area contributed by atoms with Gasteiger partial charge in [0.15, 0.2) is 0 Å². The van der Waals surface area contributed by atoms with Crippen molar-refractivity contribution in [2.75, 3.05) is 31.1 Å². The Kier molecular flexibility index (Phi) is 7.47. The maximum Gasteiger partial charge on any atom is 0.322 e. The lowest BCUT2D eigenvalue weighted by molar-refractivity contribution is -0.140. The van der Waals surface area contributed by atoms with Crippen LogP contribution in [0, 0.1) is 5.92 Å². The first-order valence-corrected chi connectivity index (χ1v) is 11.6. The van der Waals surface area contributed by atoms with E-state index in [1.165, 1.54) is 4.31 Å². The molecule has 0 aliphatic carbocycles. The fourth-order valence-electron chi connectivity index (χ4n) is 3.29. The second kappa shape index (κ2) is 10.1. The Morgan fingerprint density at radius 2 is 1.71 bits per heavy atom. The molecule has 9 nitrogen and oxygen atoms in total. The summed E-state index contributed by atoms with van der Waals surface area (Å²) in [5.41, 5.74) is 2.01. The smallest absolute Gasteiger partial charge is 0.322 e. The topological polar surface area (TPSA) is 112 Å². The van der Waals surface area contributed by atoms with E-state index in [0.29, 0.717) is 19.7 Å². The fourth-order valence-corrected chi connectivity index (χ4v) is 4.78. The normalized spacial score (nSPS) is 16.3. The van der Waals surface area contributed by atoms with Crippen molar-refractivity contribution in [2.45, 2.75) is 26.5 Å². The Morgan fingerprint density at radius 3 is 2.26 bits per heavy atom. The van der Waals surface area contributed by atoms with Crippen molar-refractivity contribution in [1.82, 2.24) is 14.0 Å². The van der Waals surface area contributed by atoms with E-state index in [9.17, 15) is 18.3 Å². The van der Waals surface area contributed by atoms with Gasteiger partial charge >= 0.3 is 5.97 Å². The molecule has 1 atom stereocenters. The molecule has 0 amide bonds. The molecule has 0 saturated carbocycles. The fraction of sp³-hybridized carbons (Fsp3) is 0.429. The van der Waals surface area contributed by atoms with Gasteiger partial charge in [0.05, 0.1) is 0 Å². The van der Waals surface area contributed by atoms with Gasteiger partial charge < -0.3 is 14.7 Å². The molecule has 1 aliphatic rings. The van der Waals surface area contributed by atoms with Crippen molar-refractivity contribution >= 4 is 21.9 Å². The van der Waals surface area contributed by atoms with Crippen LogP contribution >= 0.6 is 0 Å². The second-order valence-corrected chi connectivity index (χ2v) is 9.41. The monoisotopic (exact) mass is 448 g/mol. The van der Waals surface area contributed by atoms with Crippen LogP contribution in [0.25, 0.3) is 0 Å². The summed E-state index contributed by atoms with van der Waals surface area (Å²) in [5, 5.41) is 9.25. The van der Waals surface area contributed by atoms with Crippen LogP contribution in [0.4, 0.5) is 5.69 Å². The van der Waals surface area contributed by atoms with Gasteiger partial charge in [-0.05, 0) is 47.9 Å². The summed E-state index contributed by atoms with van der Waals surface area (Å²) < 4.78 is 34.6. The minimum atomic E-state index is -3.87. The van der Waals surface area contributed by atoms with Crippen LogP contribution in [0.5, 0.6) is 5.75 Å². The average Bonchev–Trinajstić information content (AvgIpc) is 2.77. The molecule has 2 aromatic rings. The van der Waals surface area contributed by atoms with Crippen molar-refractivity contribution in [1.29, 1.82) is 0 Å². The third kappa shape index (κ3) is 6.16. The zero-order chi connectivity index (χ0) is 22.4. The molecule has 168 valence electrons. The number of rotatable bonds is 9. The summed E-state index contributed by atoms with van der Waals surface area (Å²) in [6, 6.07) is 10.3. The molecule has 1 fully saturated rings. The number of carboxylic acids is 1. The number of pyridine rings is 1. The zero-order valence-electron chi connectivity index (χ0n) is 17.6. The molecule has 2 N–H and O–H groups in total. The van der Waals surface area contributed by atoms with E-state index in [2.05, 4.69) is 14.6 Å². The highest BCUT2D eigenvalue weighted by Gasteiger charge is 2.32. The summed E-state index contributed by atoms with van der Waals surface area (Å²) in [4.78, 5) is 17.4. The number of hydrogen-bond donors (Lipinski definition) is 2. The van der Waals surface area contributed by atoms with Crippen LogP contribution in [0.2, 0.25) is 0 Å². The molecule has 0 radical (unpaired) electrons. The van der Waals surface area contributed by atoms with Crippen LogP contribution in [0.1, 0.15) is 19.4 Å². The maximum atomic E-state index is 12.6. The maximum absolute atomic E-state index is 12.6. The van der Waals surface area contributed by atoms with E-state index < -0.39 is 22.2 Å². The molecule has 10 heteroatoms. The number of nitrogens with zero attached hydrogens (tertiary/aromatic N) is 3. The minimum Gasteiger partial charge on any atom is -0.489 e. The number of ether oxygens (including phenoxy) is 1. The highest BCUT2D eigenvalue weighted by molar-refractivity contribution is 7.87. The standard InChI is InChI=1S/C21H28N4O5S/c1-16(2)20(21(26)27)23-31(28,29)25-13-11-24(12-14-25)18-3-5-19(6-4-18)30-15-17-7-9-22-10-8-17/h3-10,16,20,23H,11-15H2,1-2H3,(H,26,27)/t20-/m1/s1. The number of nitrogens with one attached hydrogen (secondary N) is 1. The first-order chi connectivity index (χ1) is 14.8. The molecule has 0 unspecified atom stereocenters. The zero-order valence-corrected chi connectivity index (χ0v) is 18.5. The molecule has 0 spiro atoms. The van der Waals surface area contributed by atoms with E-state index in [4.69, 9.17) is 4.74 Å². The Balaban J connectivity index is 1.53. The van der Waals surface area contributed by atoms with Crippen molar-refractivity contribution in [3.05, 3.63) is 54.4 Å². The van der Waals surface area contributed by atoms with Crippen LogP contribution in [0.3, 0.4) is 0 Å². The van der Waals surface area contributed by atoms with Gasteiger partial charge in [-0.15, -0.1) is 0 Å². The third-order valence-electron chi connectivity index (χ3n) is 5.14. The SMILES string of the molecule is CC(C)[C@@H](NS(=O)(=O)N1CCN(c2ccc(OCc3ccncc3)cc2)CC1)C(=O)O. The summed E-state index contributed by atoms with van der Waals surface area (Å²) in [6.45, 7) is 5.38. The van der Waals surface area contributed by atoms with Gasteiger partial charge in [0.2, 0.25) is 0 Å². The Bertz CT molecular complexity index is 959. The van der Waals surface area contributed by atoms with E-state index in [1.807, 2.05) is 36.4 Å². The van der Waals surface area contributed by atoms with E-state index in [1.54, 1.807) is 26.2 Å². The van der Waals surface area contributed by atoms with Crippen molar-refractivity contribution < 1.29 is 23.1 Å². The van der Waals surface area contributed by atoms with Gasteiger partial charge in [-0.2, -0.15) is 17.4 Å². The molecule has 1 aliphatic heterocycles. The van der Waals surface area contributed by atoms with E-state index >= 15 is 0 Å². The molecular weight excluding hydrogens is 420 g/mol. The van der Waals surface area contributed by atoms with Crippen molar-refractivity contribution in [2.24, 2.45) is 5.92 Å². The Labute approximate surface area is 182 Å². The molecule has 31 heavy (non-hydrogen) atoms. The van der Waals surface area contributed by atoms with Gasteiger partial charge in [-0.1, -0.05) is 13.8 Å². The van der Waals surface area contributed by atoms with Crippen molar-refractivity contribution in [3.63, 3.8) is 0 Å². The predicted molar refractivity (Wildman–Crippen MR) is 117 cm³/mol. The number of carboxylic acid groups (broad SMARTS) is 1. The van der Waals surface area contributed by atoms with Crippen LogP contribution < -0.4 is 14.4 Å². The van der Waals surface area contributed by atoms with E-state index in [-0.39, 0.29) is 19.0 Å². The molecule has 2 heterocycles. The summed E-state index contributed by atoms with van der Waals surface area (Å²) in [7, 11) is -3.87. The molecular formula is C21H28N4O5S. The van der Waals surface area contributed by atoms with Gasteiger partial charge in [0.1, 0.15) is 18.4 Å². The largest absolute Gasteiger partial charge is 0.489 e. The van der Waals surface area contributed by atoms with E-state index in [0.717, 1.165) is 17.0 Å². The van der Waals surface area contributed by atoms with Crippen molar-refractivity contribution in [3.8, 4) is 5.75 Å². The second-order valence-electron chi connectivity index (χ2n) is 7.71. The molecule has 0 bridgehead atoms. The lowest BCUT2D eigenvalue weighted by atomic mass is 10.1. The lowest BCUT2D eigenvalue weighted by Crippen LogP contribution is -2.55. The number of benzene rings is 1. The van der Waals surface area contributed by atoms with Gasteiger partial charge in [0, 0.05) is 44.3 Å². The lowest BCUT2D eigenvalue weighted by Gasteiger charge is -2.36. The summed E-state index contributed by atoms with van der Waals surface area (Å²) in [6.07, 6.45) is 3.45. The third-order valence-corrected chi connectivity index (χ3v) is 6.74. The Hall–Kier alpha value is -2.69. The van der Waals surface area contributed by atoms with Crippen LogP contribution in [-0.2, 0) is 21.6 Å². The minimum absolute atomic E-state index is 0.278. The van der Waals surface area contributed by atoms with Gasteiger partial charge in [0.25, 0.3) is 10.2 Å². The molecule has 1 aromatic heterocycles. The number of hydrogen-bond acceptors (Lipinski definition) is 6. The number of aromatic nitrogens is 1. The number of carbonyl (C=O) groups is 1. The quantitative estimate of drug-likeness (QED) is 0.601. The molecule has 1 saturated heterocycles. The van der Waals surface area contributed by atoms with Crippen LogP contribution in [0.15, 0.2) is 48.8 Å². The predicted octanol–water partition coefficient (Wildman–Crippen LogP) is 1.73. The highest BCUT2D eigenvalue weighted by atomic mass is 32.2. The highest BCUT2D eigenvalue weighted by Crippen LogP contribution is 2.22. The van der Waals surface area contributed by atoms with Gasteiger partial charge in [-0.25, -0.2) is 0 Å². The number of piperazine rings is 1. The first kappa shape index (κ1) is 23.0.